The van der Waals surface area contributed by atoms with Gasteiger partial charge in [0.1, 0.15) is 11.8 Å². The molecule has 1 aromatic heterocycles. The number of nitrogens with two attached hydrogens (primary N) is 1. The van der Waals surface area contributed by atoms with E-state index in [-0.39, 0.29) is 36.5 Å². The Hall–Kier alpha value is -2.07. The highest BCUT2D eigenvalue weighted by atomic mass is 19.3. The molecule has 5 nitrogen and oxygen atoms in total. The fourth-order valence-electron chi connectivity index (χ4n) is 1.63. The highest BCUT2D eigenvalue weighted by Crippen LogP contribution is 2.26. The summed E-state index contributed by atoms with van der Waals surface area (Å²) in [6, 6.07) is 2.66. The van der Waals surface area contributed by atoms with Crippen LogP contribution in [0.25, 0.3) is 0 Å². The molecular formula is C12H13F2N3O2. The largest absolute Gasteiger partial charge is 0.466 e. The molecule has 7 heteroatoms. The standard InChI is InChI=1S/C12H13F2N3O2/c1-2-19-11(18)4-8-9(12(13)14)3-7(5-15)17-10(8)6-16/h3,12H,2,4,6,16H2,1H3. The summed E-state index contributed by atoms with van der Waals surface area (Å²) < 4.78 is 30.7. The summed E-state index contributed by atoms with van der Waals surface area (Å²) in [6.07, 6.45) is -3.15. The summed E-state index contributed by atoms with van der Waals surface area (Å²) >= 11 is 0. The van der Waals surface area contributed by atoms with Gasteiger partial charge >= 0.3 is 5.97 Å². The molecule has 0 aliphatic heterocycles. The molecule has 0 saturated heterocycles. The summed E-state index contributed by atoms with van der Waals surface area (Å²) in [5, 5.41) is 8.73. The van der Waals surface area contributed by atoms with Crippen molar-refractivity contribution in [2.45, 2.75) is 26.3 Å². The zero-order valence-corrected chi connectivity index (χ0v) is 10.3. The van der Waals surface area contributed by atoms with Crippen molar-refractivity contribution in [2.24, 2.45) is 5.73 Å². The smallest absolute Gasteiger partial charge is 0.310 e. The van der Waals surface area contributed by atoms with E-state index in [2.05, 4.69) is 4.98 Å². The predicted molar refractivity (Wildman–Crippen MR) is 62.1 cm³/mol. The molecule has 19 heavy (non-hydrogen) atoms. The summed E-state index contributed by atoms with van der Waals surface area (Å²) in [5.41, 5.74) is 5.02. The molecule has 0 radical (unpaired) electrons. The second-order valence-electron chi connectivity index (χ2n) is 3.62. The van der Waals surface area contributed by atoms with Crippen molar-refractivity contribution < 1.29 is 18.3 Å². The summed E-state index contributed by atoms with van der Waals surface area (Å²) in [7, 11) is 0. The molecule has 0 amide bonds. The highest BCUT2D eigenvalue weighted by Gasteiger charge is 2.21. The number of ether oxygens (including phenoxy) is 1. The minimum Gasteiger partial charge on any atom is -0.466 e. The molecule has 0 atom stereocenters. The van der Waals surface area contributed by atoms with Crippen LogP contribution in [0, 0.1) is 11.3 Å². The van der Waals surface area contributed by atoms with Crippen LogP contribution in [0.15, 0.2) is 6.07 Å². The van der Waals surface area contributed by atoms with Gasteiger partial charge < -0.3 is 10.5 Å². The molecule has 0 aromatic carbocycles. The first kappa shape index (κ1) is 15.0. The lowest BCUT2D eigenvalue weighted by Gasteiger charge is -2.12. The zero-order valence-electron chi connectivity index (χ0n) is 10.3. The fraction of sp³-hybridized carbons (Fsp3) is 0.417. The first-order chi connectivity index (χ1) is 9.03. The number of nitriles is 1. The maximum atomic E-state index is 13.0. The molecule has 0 bridgehead atoms. The molecule has 0 saturated carbocycles. The van der Waals surface area contributed by atoms with E-state index in [0.717, 1.165) is 6.07 Å². The number of carbonyl (C=O) groups is 1. The van der Waals surface area contributed by atoms with Gasteiger partial charge in [0.15, 0.2) is 0 Å². The number of esters is 1. The molecule has 2 N–H and O–H groups in total. The Balaban J connectivity index is 3.26. The number of alkyl halides is 2. The Morgan fingerprint density at radius 2 is 2.32 bits per heavy atom. The van der Waals surface area contributed by atoms with Gasteiger partial charge in [-0.1, -0.05) is 0 Å². The van der Waals surface area contributed by atoms with E-state index in [0.29, 0.717) is 0 Å². The van der Waals surface area contributed by atoms with Gasteiger partial charge in [-0.15, -0.1) is 0 Å². The lowest BCUT2D eigenvalue weighted by Crippen LogP contribution is -2.15. The van der Waals surface area contributed by atoms with Crippen LogP contribution in [0.4, 0.5) is 8.78 Å². The normalized spacial score (nSPS) is 10.3. The van der Waals surface area contributed by atoms with Crippen LogP contribution in [0.2, 0.25) is 0 Å². The number of hydrogen-bond acceptors (Lipinski definition) is 5. The minimum atomic E-state index is -2.81. The third-order valence-electron chi connectivity index (χ3n) is 2.41. The van der Waals surface area contributed by atoms with Crippen molar-refractivity contribution in [1.82, 2.24) is 4.98 Å². The first-order valence-electron chi connectivity index (χ1n) is 5.60. The average Bonchev–Trinajstić information content (AvgIpc) is 2.38. The van der Waals surface area contributed by atoms with Crippen molar-refractivity contribution in [1.29, 1.82) is 5.26 Å². The number of aromatic nitrogens is 1. The van der Waals surface area contributed by atoms with E-state index < -0.39 is 18.0 Å². The topological polar surface area (TPSA) is 89.0 Å². The lowest BCUT2D eigenvalue weighted by atomic mass is 10.0. The number of rotatable bonds is 5. The molecule has 0 aliphatic rings. The Labute approximate surface area is 109 Å². The second kappa shape index (κ2) is 6.75. The monoisotopic (exact) mass is 269 g/mol. The zero-order chi connectivity index (χ0) is 14.4. The fourth-order valence-corrected chi connectivity index (χ4v) is 1.63. The van der Waals surface area contributed by atoms with Gasteiger partial charge in [0.05, 0.1) is 18.7 Å². The summed E-state index contributed by atoms with van der Waals surface area (Å²) in [6.45, 7) is 1.64. The van der Waals surface area contributed by atoms with Crippen LogP contribution in [0.3, 0.4) is 0 Å². The van der Waals surface area contributed by atoms with Gasteiger partial charge in [0.2, 0.25) is 0 Å². The van der Waals surface area contributed by atoms with Crippen LogP contribution >= 0.6 is 0 Å². The number of nitrogens with zero attached hydrogens (tertiary/aromatic N) is 2. The van der Waals surface area contributed by atoms with Crippen LogP contribution in [0.1, 0.15) is 35.9 Å². The molecule has 102 valence electrons. The van der Waals surface area contributed by atoms with Crippen LogP contribution in [-0.4, -0.2) is 17.6 Å². The van der Waals surface area contributed by atoms with E-state index in [1.54, 1.807) is 13.0 Å². The number of hydrogen-bond donors (Lipinski definition) is 1. The van der Waals surface area contributed by atoms with Gasteiger partial charge in [0.25, 0.3) is 6.43 Å². The van der Waals surface area contributed by atoms with Crippen LogP contribution < -0.4 is 5.73 Å². The molecule has 0 spiro atoms. The Morgan fingerprint density at radius 3 is 2.79 bits per heavy atom. The Bertz CT molecular complexity index is 512. The SMILES string of the molecule is CCOC(=O)Cc1c(C(F)F)cc(C#N)nc1CN. The van der Waals surface area contributed by atoms with E-state index in [1.165, 1.54) is 0 Å². The molecule has 1 aromatic rings. The van der Waals surface area contributed by atoms with Gasteiger partial charge in [-0.05, 0) is 18.6 Å². The number of carbonyl (C=O) groups excluding carboxylic acids is 1. The maximum Gasteiger partial charge on any atom is 0.310 e. The van der Waals surface area contributed by atoms with Crippen molar-refractivity contribution in [3.8, 4) is 6.07 Å². The maximum absolute atomic E-state index is 13.0. The number of halogens is 2. The highest BCUT2D eigenvalue weighted by molar-refractivity contribution is 5.73. The van der Waals surface area contributed by atoms with Crippen LogP contribution in [0.5, 0.6) is 0 Å². The molecular weight excluding hydrogens is 256 g/mol. The predicted octanol–water partition coefficient (Wildman–Crippen LogP) is 1.46. The quantitative estimate of drug-likeness (QED) is 0.817. The van der Waals surface area contributed by atoms with Gasteiger partial charge in [-0.2, -0.15) is 5.26 Å². The molecule has 0 fully saturated rings. The van der Waals surface area contributed by atoms with E-state index in [9.17, 15) is 13.6 Å². The van der Waals surface area contributed by atoms with Gasteiger partial charge in [-0.25, -0.2) is 13.8 Å². The molecule has 0 unspecified atom stereocenters. The van der Waals surface area contributed by atoms with Gasteiger partial charge in [0, 0.05) is 12.1 Å². The van der Waals surface area contributed by atoms with Crippen molar-refractivity contribution in [3.05, 3.63) is 28.6 Å². The summed E-state index contributed by atoms with van der Waals surface area (Å²) in [5.74, 6) is -0.634. The van der Waals surface area contributed by atoms with E-state index >= 15 is 0 Å². The van der Waals surface area contributed by atoms with Crippen molar-refractivity contribution >= 4 is 5.97 Å². The van der Waals surface area contributed by atoms with Crippen molar-refractivity contribution in [2.75, 3.05) is 6.61 Å². The van der Waals surface area contributed by atoms with E-state index in [1.807, 2.05) is 0 Å². The Morgan fingerprint density at radius 1 is 1.63 bits per heavy atom. The average molecular weight is 269 g/mol. The third-order valence-corrected chi connectivity index (χ3v) is 2.41. The second-order valence-corrected chi connectivity index (χ2v) is 3.62. The Kier molecular flexibility index (Phi) is 5.33. The molecule has 1 rings (SSSR count). The third kappa shape index (κ3) is 3.69. The lowest BCUT2D eigenvalue weighted by molar-refractivity contribution is -0.142. The molecule has 0 aliphatic carbocycles. The van der Waals surface area contributed by atoms with E-state index in [4.69, 9.17) is 15.7 Å². The summed E-state index contributed by atoms with van der Waals surface area (Å²) in [4.78, 5) is 15.2. The van der Waals surface area contributed by atoms with Crippen LogP contribution in [-0.2, 0) is 22.5 Å². The van der Waals surface area contributed by atoms with Crippen molar-refractivity contribution in [3.63, 3.8) is 0 Å². The first-order valence-corrected chi connectivity index (χ1v) is 5.60. The van der Waals surface area contributed by atoms with Gasteiger partial charge in [-0.3, -0.25) is 4.79 Å². The number of pyridine rings is 1. The molecule has 1 heterocycles. The minimum absolute atomic E-state index is 0.0370.